The first-order valence-electron chi connectivity index (χ1n) is 2.78. The smallest absolute Gasteiger partial charge is 0.0572 e. The molecule has 0 unspecified atom stereocenters. The van der Waals surface area contributed by atoms with Gasteiger partial charge in [-0.3, -0.25) is 0 Å². The van der Waals surface area contributed by atoms with Crippen molar-refractivity contribution in [1.82, 2.24) is 5.48 Å². The highest BCUT2D eigenvalue weighted by Gasteiger charge is 1.79. The van der Waals surface area contributed by atoms with Crippen LogP contribution in [0, 0.1) is 0 Å². The average Bonchev–Trinajstić information content (AvgIpc) is 1.81. The Bertz CT molecular complexity index is 54.5. The van der Waals surface area contributed by atoms with Gasteiger partial charge in [-0.1, -0.05) is 6.08 Å². The molecule has 1 N–H and O–H groups in total. The normalized spacial score (nSPS) is 9.12. The average molecular weight is 115 g/mol. The first kappa shape index (κ1) is 7.66. The predicted molar refractivity (Wildman–Crippen MR) is 34.4 cm³/mol. The van der Waals surface area contributed by atoms with Gasteiger partial charge in [0.05, 0.1) is 7.11 Å². The van der Waals surface area contributed by atoms with Crippen molar-refractivity contribution < 1.29 is 4.84 Å². The van der Waals surface area contributed by atoms with Crippen LogP contribution in [0.2, 0.25) is 0 Å². The van der Waals surface area contributed by atoms with Gasteiger partial charge in [0.2, 0.25) is 0 Å². The molecule has 0 rings (SSSR count). The molecule has 0 fully saturated rings. The molecule has 0 aromatic heterocycles. The van der Waals surface area contributed by atoms with Crippen LogP contribution in [0.4, 0.5) is 0 Å². The van der Waals surface area contributed by atoms with Crippen LogP contribution < -0.4 is 5.48 Å². The fourth-order valence-corrected chi connectivity index (χ4v) is 0.421. The molecule has 0 spiro atoms. The summed E-state index contributed by atoms with van der Waals surface area (Å²) in [6.45, 7) is 4.50. The van der Waals surface area contributed by atoms with E-state index in [2.05, 4.69) is 16.9 Å². The zero-order valence-electron chi connectivity index (χ0n) is 5.31. The van der Waals surface area contributed by atoms with Crippen LogP contribution in [0.3, 0.4) is 0 Å². The maximum atomic E-state index is 4.60. The maximum absolute atomic E-state index is 4.60. The fraction of sp³-hybridized carbons (Fsp3) is 0.667. The van der Waals surface area contributed by atoms with Crippen LogP contribution in [0.25, 0.3) is 0 Å². The molecule has 0 saturated heterocycles. The number of unbranched alkanes of at least 4 members (excludes halogenated alkanes) is 1. The minimum Gasteiger partial charge on any atom is -0.305 e. The second-order valence-electron chi connectivity index (χ2n) is 1.53. The van der Waals surface area contributed by atoms with Gasteiger partial charge in [-0.15, -0.1) is 6.58 Å². The summed E-state index contributed by atoms with van der Waals surface area (Å²) in [5.41, 5.74) is 2.74. The molecular formula is C6H13NO. The standard InChI is InChI=1S/C6H13NO/c1-3-4-5-6-7-8-2/h3,7H,1,4-6H2,2H3. The van der Waals surface area contributed by atoms with E-state index in [1.54, 1.807) is 7.11 Å². The lowest BCUT2D eigenvalue weighted by Crippen LogP contribution is -2.12. The molecule has 0 radical (unpaired) electrons. The van der Waals surface area contributed by atoms with Gasteiger partial charge in [-0.2, -0.15) is 0 Å². The molecule has 0 aliphatic carbocycles. The van der Waals surface area contributed by atoms with Crippen LogP contribution >= 0.6 is 0 Å². The zero-order valence-corrected chi connectivity index (χ0v) is 5.31. The third-order valence-electron chi connectivity index (χ3n) is 0.831. The van der Waals surface area contributed by atoms with E-state index in [0.29, 0.717) is 0 Å². The van der Waals surface area contributed by atoms with Crippen molar-refractivity contribution in [3.63, 3.8) is 0 Å². The molecule has 0 aromatic rings. The van der Waals surface area contributed by atoms with E-state index in [9.17, 15) is 0 Å². The first-order chi connectivity index (χ1) is 3.91. The maximum Gasteiger partial charge on any atom is 0.0572 e. The van der Waals surface area contributed by atoms with Crippen LogP contribution in [0.1, 0.15) is 12.8 Å². The van der Waals surface area contributed by atoms with E-state index < -0.39 is 0 Å². The van der Waals surface area contributed by atoms with E-state index in [1.165, 1.54) is 0 Å². The van der Waals surface area contributed by atoms with E-state index in [0.717, 1.165) is 19.4 Å². The summed E-state index contributed by atoms with van der Waals surface area (Å²) in [5.74, 6) is 0. The number of hydroxylamine groups is 1. The van der Waals surface area contributed by atoms with Crippen molar-refractivity contribution in [2.24, 2.45) is 0 Å². The summed E-state index contributed by atoms with van der Waals surface area (Å²) < 4.78 is 0. The van der Waals surface area contributed by atoms with Gasteiger partial charge in [0.25, 0.3) is 0 Å². The van der Waals surface area contributed by atoms with E-state index >= 15 is 0 Å². The molecule has 0 amide bonds. The van der Waals surface area contributed by atoms with Gasteiger partial charge in [0.1, 0.15) is 0 Å². The fourth-order valence-electron chi connectivity index (χ4n) is 0.421. The molecule has 2 nitrogen and oxygen atoms in total. The highest BCUT2D eigenvalue weighted by molar-refractivity contribution is 4.65. The molecule has 48 valence electrons. The van der Waals surface area contributed by atoms with Crippen molar-refractivity contribution in [3.05, 3.63) is 12.7 Å². The SMILES string of the molecule is C=CCCCNOC. The quantitative estimate of drug-likeness (QED) is 0.329. The Balaban J connectivity index is 2.62. The molecule has 0 atom stereocenters. The van der Waals surface area contributed by atoms with Crippen LogP contribution in [0.15, 0.2) is 12.7 Å². The molecule has 0 saturated carbocycles. The second kappa shape index (κ2) is 6.66. The first-order valence-corrected chi connectivity index (χ1v) is 2.78. The van der Waals surface area contributed by atoms with Crippen LogP contribution in [-0.2, 0) is 4.84 Å². The van der Waals surface area contributed by atoms with Crippen molar-refractivity contribution in [2.45, 2.75) is 12.8 Å². The van der Waals surface area contributed by atoms with Gasteiger partial charge in [0.15, 0.2) is 0 Å². The number of rotatable bonds is 5. The largest absolute Gasteiger partial charge is 0.305 e. The van der Waals surface area contributed by atoms with Gasteiger partial charge in [0, 0.05) is 6.54 Å². The minimum atomic E-state index is 0.905. The molecule has 0 bridgehead atoms. The molecule has 0 aliphatic rings. The van der Waals surface area contributed by atoms with Crippen molar-refractivity contribution in [3.8, 4) is 0 Å². The van der Waals surface area contributed by atoms with Crippen LogP contribution in [0.5, 0.6) is 0 Å². The third kappa shape index (κ3) is 5.66. The van der Waals surface area contributed by atoms with Crippen molar-refractivity contribution in [1.29, 1.82) is 0 Å². The Labute approximate surface area is 50.5 Å². The minimum absolute atomic E-state index is 0.905. The highest BCUT2D eigenvalue weighted by atomic mass is 16.6. The summed E-state index contributed by atoms with van der Waals surface area (Å²) in [4.78, 5) is 4.60. The predicted octanol–water partition coefficient (Wildman–Crippen LogP) is 1.10. The summed E-state index contributed by atoms with van der Waals surface area (Å²) >= 11 is 0. The van der Waals surface area contributed by atoms with Crippen molar-refractivity contribution in [2.75, 3.05) is 13.7 Å². The molecular weight excluding hydrogens is 102 g/mol. The number of hydrogen-bond donors (Lipinski definition) is 1. The van der Waals surface area contributed by atoms with Gasteiger partial charge in [-0.05, 0) is 12.8 Å². The topological polar surface area (TPSA) is 21.3 Å². The molecule has 2 heteroatoms. The Morgan fingerprint density at radius 2 is 2.50 bits per heavy atom. The lowest BCUT2D eigenvalue weighted by Gasteiger charge is -1.96. The monoisotopic (exact) mass is 115 g/mol. The van der Waals surface area contributed by atoms with E-state index in [-0.39, 0.29) is 0 Å². The zero-order chi connectivity index (χ0) is 6.24. The molecule has 0 aliphatic heterocycles. The lowest BCUT2D eigenvalue weighted by atomic mass is 10.3. The second-order valence-corrected chi connectivity index (χ2v) is 1.53. The summed E-state index contributed by atoms with van der Waals surface area (Å²) in [6.07, 6.45) is 4.05. The van der Waals surface area contributed by atoms with Gasteiger partial charge < -0.3 is 4.84 Å². The molecule has 0 heterocycles. The van der Waals surface area contributed by atoms with E-state index in [4.69, 9.17) is 0 Å². The van der Waals surface area contributed by atoms with Gasteiger partial charge >= 0.3 is 0 Å². The lowest BCUT2D eigenvalue weighted by molar-refractivity contribution is 0.0912. The molecule has 8 heavy (non-hydrogen) atoms. The summed E-state index contributed by atoms with van der Waals surface area (Å²) in [6, 6.07) is 0. The summed E-state index contributed by atoms with van der Waals surface area (Å²) in [7, 11) is 1.62. The Hall–Kier alpha value is -0.340. The van der Waals surface area contributed by atoms with E-state index in [1.807, 2.05) is 6.08 Å². The summed E-state index contributed by atoms with van der Waals surface area (Å²) in [5, 5.41) is 0. The molecule has 0 aromatic carbocycles. The Morgan fingerprint density at radius 3 is 3.00 bits per heavy atom. The highest BCUT2D eigenvalue weighted by Crippen LogP contribution is 1.84. The van der Waals surface area contributed by atoms with Crippen LogP contribution in [-0.4, -0.2) is 13.7 Å². The number of allylic oxidation sites excluding steroid dienone is 1. The van der Waals surface area contributed by atoms with Gasteiger partial charge in [-0.25, -0.2) is 5.48 Å². The number of hydrogen-bond acceptors (Lipinski definition) is 2. The Morgan fingerprint density at radius 1 is 1.75 bits per heavy atom. The van der Waals surface area contributed by atoms with Crippen molar-refractivity contribution >= 4 is 0 Å². The third-order valence-corrected chi connectivity index (χ3v) is 0.831. The number of nitrogens with one attached hydrogen (secondary N) is 1. The Kier molecular flexibility index (Phi) is 6.38.